The number of anilines is 1. The predicted molar refractivity (Wildman–Crippen MR) is 154 cm³/mol. The molecule has 9 heteroatoms. The van der Waals surface area contributed by atoms with Crippen LogP contribution in [-0.4, -0.2) is 35.0 Å². The van der Waals surface area contributed by atoms with E-state index < -0.39 is 11.7 Å². The summed E-state index contributed by atoms with van der Waals surface area (Å²) < 4.78 is 6.49. The first-order chi connectivity index (χ1) is 18.1. The Morgan fingerprint density at radius 3 is 2.47 bits per heavy atom. The van der Waals surface area contributed by atoms with Gasteiger partial charge in [0.2, 0.25) is 5.91 Å². The molecule has 2 heterocycles. The zero-order valence-corrected chi connectivity index (χ0v) is 24.2. The fourth-order valence-corrected chi connectivity index (χ4v) is 5.44. The van der Waals surface area contributed by atoms with Crippen molar-refractivity contribution in [3.8, 4) is 10.4 Å². The normalized spacial score (nSPS) is 12.8. The molecule has 0 radical (unpaired) electrons. The summed E-state index contributed by atoms with van der Waals surface area (Å²) in [5, 5.41) is 3.18. The quantitative estimate of drug-likeness (QED) is 0.220. The van der Waals surface area contributed by atoms with Crippen LogP contribution in [0.2, 0.25) is 0 Å². The first kappa shape index (κ1) is 27.9. The molecule has 0 unspecified atom stereocenters. The second-order valence-corrected chi connectivity index (χ2v) is 12.0. The number of carbonyl (C=O) groups excluding carboxylic acids is 3. The van der Waals surface area contributed by atoms with Gasteiger partial charge in [0.25, 0.3) is 5.91 Å². The molecule has 0 spiro atoms. The van der Waals surface area contributed by atoms with Crippen LogP contribution in [0.5, 0.6) is 0 Å². The van der Waals surface area contributed by atoms with Crippen molar-refractivity contribution in [2.45, 2.75) is 58.6 Å². The fourth-order valence-electron chi connectivity index (χ4n) is 4.22. The van der Waals surface area contributed by atoms with E-state index in [4.69, 9.17) is 4.74 Å². The van der Waals surface area contributed by atoms with Gasteiger partial charge in [-0.15, -0.1) is 11.3 Å². The number of hydrazine groups is 1. The van der Waals surface area contributed by atoms with Crippen molar-refractivity contribution in [2.75, 3.05) is 11.6 Å². The maximum atomic E-state index is 12.9. The van der Waals surface area contributed by atoms with Crippen molar-refractivity contribution in [1.82, 2.24) is 10.3 Å². The van der Waals surface area contributed by atoms with Crippen molar-refractivity contribution in [3.63, 3.8) is 0 Å². The Balaban J connectivity index is 1.29. The number of nitrogens with zero attached hydrogens (tertiary/aromatic N) is 2. The van der Waals surface area contributed by atoms with Crippen molar-refractivity contribution in [3.05, 3.63) is 75.6 Å². The molecule has 0 saturated carbocycles. The molecule has 0 aliphatic carbocycles. The number of thiophene rings is 1. The second-order valence-electron chi connectivity index (χ2n) is 10.2. The van der Waals surface area contributed by atoms with E-state index in [2.05, 4.69) is 21.4 Å². The van der Waals surface area contributed by atoms with Crippen LogP contribution in [0.25, 0.3) is 10.4 Å². The van der Waals surface area contributed by atoms with Gasteiger partial charge < -0.3 is 9.64 Å². The van der Waals surface area contributed by atoms with E-state index in [1.807, 2.05) is 52.7 Å². The SMILES string of the molecule is CC(C)(C)OC(=O)N(NC(=O)CCCCCN1Cc2c(Br)cccc2C1=O)c1ccc(-c2cccs2)cc1. The molecule has 0 bridgehead atoms. The molecule has 1 N–H and O–H groups in total. The monoisotopic (exact) mass is 597 g/mol. The largest absolute Gasteiger partial charge is 0.442 e. The maximum absolute atomic E-state index is 12.9. The average Bonchev–Trinajstić information content (AvgIpc) is 3.51. The minimum atomic E-state index is -0.709. The van der Waals surface area contributed by atoms with Crippen LogP contribution in [-0.2, 0) is 16.1 Å². The van der Waals surface area contributed by atoms with E-state index >= 15 is 0 Å². The lowest BCUT2D eigenvalue weighted by Crippen LogP contribution is -2.48. The van der Waals surface area contributed by atoms with Gasteiger partial charge >= 0.3 is 6.09 Å². The molecular formula is C29H32BrN3O4S. The number of rotatable bonds is 8. The molecule has 3 amide bonds. The summed E-state index contributed by atoms with van der Waals surface area (Å²) >= 11 is 5.16. The third-order valence-corrected chi connectivity index (χ3v) is 7.72. The van der Waals surface area contributed by atoms with Gasteiger partial charge in [0.05, 0.1) is 5.69 Å². The van der Waals surface area contributed by atoms with Gasteiger partial charge in [0, 0.05) is 34.4 Å². The molecule has 0 fully saturated rings. The Morgan fingerprint density at radius 1 is 1.05 bits per heavy atom. The van der Waals surface area contributed by atoms with Crippen molar-refractivity contribution in [2.24, 2.45) is 0 Å². The fraction of sp³-hybridized carbons (Fsp3) is 0.345. The van der Waals surface area contributed by atoms with Gasteiger partial charge in [-0.25, -0.2) is 4.79 Å². The molecule has 1 aliphatic rings. The van der Waals surface area contributed by atoms with Crippen LogP contribution >= 0.6 is 27.3 Å². The van der Waals surface area contributed by atoms with Gasteiger partial charge in [0.15, 0.2) is 0 Å². The van der Waals surface area contributed by atoms with E-state index in [0.717, 1.165) is 38.9 Å². The Bertz CT molecular complexity index is 1290. The maximum Gasteiger partial charge on any atom is 0.434 e. The molecular weight excluding hydrogens is 566 g/mol. The summed E-state index contributed by atoms with van der Waals surface area (Å²) in [7, 11) is 0. The smallest absolute Gasteiger partial charge is 0.434 e. The van der Waals surface area contributed by atoms with E-state index in [-0.39, 0.29) is 18.2 Å². The minimum Gasteiger partial charge on any atom is -0.442 e. The highest BCUT2D eigenvalue weighted by molar-refractivity contribution is 9.10. The van der Waals surface area contributed by atoms with Crippen LogP contribution in [0.4, 0.5) is 10.5 Å². The topological polar surface area (TPSA) is 79.0 Å². The molecule has 200 valence electrons. The number of amides is 3. The third kappa shape index (κ3) is 7.02. The van der Waals surface area contributed by atoms with Crippen molar-refractivity contribution >= 4 is 50.9 Å². The first-order valence-electron chi connectivity index (χ1n) is 12.7. The Labute approximate surface area is 235 Å². The summed E-state index contributed by atoms with van der Waals surface area (Å²) in [4.78, 5) is 41.3. The lowest BCUT2D eigenvalue weighted by atomic mass is 10.1. The van der Waals surface area contributed by atoms with E-state index in [1.165, 1.54) is 5.01 Å². The molecule has 2 aromatic carbocycles. The average molecular weight is 599 g/mol. The predicted octanol–water partition coefficient (Wildman–Crippen LogP) is 7.17. The lowest BCUT2D eigenvalue weighted by molar-refractivity contribution is -0.121. The summed E-state index contributed by atoms with van der Waals surface area (Å²) in [5.41, 5.74) is 5.35. The van der Waals surface area contributed by atoms with E-state index in [9.17, 15) is 14.4 Å². The zero-order valence-electron chi connectivity index (χ0n) is 21.8. The number of carbonyl (C=O) groups is 3. The zero-order chi connectivity index (χ0) is 27.3. The summed E-state index contributed by atoms with van der Waals surface area (Å²) in [6.45, 7) is 6.60. The Kier molecular flexibility index (Phi) is 8.89. The molecule has 1 aliphatic heterocycles. The highest BCUT2D eigenvalue weighted by Gasteiger charge is 2.28. The van der Waals surface area contributed by atoms with Gasteiger partial charge in [0.1, 0.15) is 5.60 Å². The van der Waals surface area contributed by atoms with Gasteiger partial charge in [-0.3, -0.25) is 15.0 Å². The van der Waals surface area contributed by atoms with Gasteiger partial charge in [-0.1, -0.05) is 46.6 Å². The Hall–Kier alpha value is -3.17. The van der Waals surface area contributed by atoms with Crippen LogP contribution in [0.3, 0.4) is 0 Å². The second kappa shape index (κ2) is 12.1. The highest BCUT2D eigenvalue weighted by Crippen LogP contribution is 2.30. The number of hydrogen-bond acceptors (Lipinski definition) is 5. The van der Waals surface area contributed by atoms with Crippen LogP contribution in [0.1, 0.15) is 62.4 Å². The number of benzene rings is 2. The standard InChI is InChI=1S/C29H32BrN3O4S/c1-29(2,3)37-28(36)33(21-15-13-20(14-16-21)25-11-8-18-38-25)31-26(34)12-5-4-6-17-32-19-23-22(27(32)35)9-7-10-24(23)30/h7-11,13-16,18H,4-6,12,17,19H2,1-3H3,(H,31,34). The number of ether oxygens (including phenoxy) is 1. The molecule has 0 saturated heterocycles. The summed E-state index contributed by atoms with van der Waals surface area (Å²) in [6, 6.07) is 17.1. The number of nitrogens with one attached hydrogen (secondary N) is 1. The van der Waals surface area contributed by atoms with Crippen LogP contribution in [0, 0.1) is 0 Å². The van der Waals surface area contributed by atoms with E-state index in [1.54, 1.807) is 44.2 Å². The summed E-state index contributed by atoms with van der Waals surface area (Å²) in [6.07, 6.45) is 1.84. The molecule has 3 aromatic rings. The number of fused-ring (bicyclic) bond motifs is 1. The first-order valence-corrected chi connectivity index (χ1v) is 14.3. The van der Waals surface area contributed by atoms with Crippen LogP contribution in [0.15, 0.2) is 64.5 Å². The molecule has 7 nitrogen and oxygen atoms in total. The molecule has 38 heavy (non-hydrogen) atoms. The highest BCUT2D eigenvalue weighted by atomic mass is 79.9. The van der Waals surface area contributed by atoms with Crippen molar-refractivity contribution in [1.29, 1.82) is 0 Å². The Morgan fingerprint density at radius 2 is 1.82 bits per heavy atom. The van der Waals surface area contributed by atoms with E-state index in [0.29, 0.717) is 25.2 Å². The van der Waals surface area contributed by atoms with Crippen molar-refractivity contribution < 1.29 is 19.1 Å². The minimum absolute atomic E-state index is 0.0529. The molecule has 4 rings (SSSR count). The molecule has 0 atom stereocenters. The molecule has 1 aromatic heterocycles. The van der Waals surface area contributed by atoms with Gasteiger partial charge in [-0.05, 0) is 80.5 Å². The number of unbranched alkanes of at least 4 members (excludes halogenated alkanes) is 2. The third-order valence-electron chi connectivity index (χ3n) is 6.06. The number of halogens is 1. The lowest BCUT2D eigenvalue weighted by Gasteiger charge is -2.27. The summed E-state index contributed by atoms with van der Waals surface area (Å²) in [5.74, 6) is -0.219. The number of hydrogen-bond donors (Lipinski definition) is 1. The van der Waals surface area contributed by atoms with Crippen LogP contribution < -0.4 is 10.4 Å². The van der Waals surface area contributed by atoms with Gasteiger partial charge in [-0.2, -0.15) is 5.01 Å².